The van der Waals surface area contributed by atoms with E-state index in [4.69, 9.17) is 11.6 Å². The first-order chi connectivity index (χ1) is 6.45. The molecule has 0 aliphatic carbocycles. The van der Waals surface area contributed by atoms with Crippen molar-refractivity contribution in [3.05, 3.63) is 16.9 Å². The number of halogens is 1. The molecular weight excluding hydrogens is 204 g/mol. The Morgan fingerprint density at radius 3 is 2.57 bits per heavy atom. The Labute approximate surface area is 87.5 Å². The van der Waals surface area contributed by atoms with Crippen LogP contribution in [-0.2, 0) is 0 Å². The monoisotopic (exact) mass is 216 g/mol. The number of hydrogen-bond donors (Lipinski definition) is 1. The van der Waals surface area contributed by atoms with Gasteiger partial charge in [0.15, 0.2) is 0 Å². The van der Waals surface area contributed by atoms with Crippen molar-refractivity contribution in [2.45, 2.75) is 32.9 Å². The van der Waals surface area contributed by atoms with Crippen LogP contribution in [0.1, 0.15) is 37.3 Å². The number of carbonyl (C=O) groups is 1. The highest BCUT2D eigenvalue weighted by atomic mass is 35.5. The predicted molar refractivity (Wildman–Crippen MR) is 53.6 cm³/mol. The number of aliphatic hydroxyl groups excluding tert-OH is 1. The van der Waals surface area contributed by atoms with Crippen LogP contribution in [0.25, 0.3) is 0 Å². The second-order valence-electron chi connectivity index (χ2n) is 3.42. The Hall–Kier alpha value is -0.870. The summed E-state index contributed by atoms with van der Waals surface area (Å²) in [5, 5.41) is 13.4. The number of carbonyl (C=O) groups excluding carboxylic acids is 1. The molecule has 1 N–H and O–H groups in total. The van der Waals surface area contributed by atoms with Gasteiger partial charge >= 0.3 is 0 Å². The molecule has 0 spiro atoms. The zero-order valence-electron chi connectivity index (χ0n) is 8.36. The van der Waals surface area contributed by atoms with Gasteiger partial charge in [-0.15, -0.1) is 0 Å². The van der Waals surface area contributed by atoms with Gasteiger partial charge in [-0.2, -0.15) is 5.10 Å². The predicted octanol–water partition coefficient (Wildman–Crippen LogP) is 1.68. The minimum Gasteiger partial charge on any atom is -0.385 e. The minimum atomic E-state index is -1.05. The smallest absolute Gasteiger partial charge is 0.210 e. The van der Waals surface area contributed by atoms with Crippen LogP contribution in [0.4, 0.5) is 0 Å². The highest BCUT2D eigenvalue weighted by Crippen LogP contribution is 2.20. The zero-order chi connectivity index (χ0) is 10.9. The van der Waals surface area contributed by atoms with Gasteiger partial charge in [-0.25, -0.2) is 0 Å². The number of rotatable bonds is 3. The van der Waals surface area contributed by atoms with Crippen molar-refractivity contribution in [3.63, 3.8) is 0 Å². The lowest BCUT2D eigenvalue weighted by Crippen LogP contribution is -2.22. The average Bonchev–Trinajstić information content (AvgIpc) is 2.45. The van der Waals surface area contributed by atoms with Crippen LogP contribution in [0.15, 0.2) is 6.20 Å². The number of aliphatic hydroxyl groups is 1. The Kier molecular flexibility index (Phi) is 3.29. The van der Waals surface area contributed by atoms with E-state index >= 15 is 0 Å². The number of ketones is 1. The van der Waals surface area contributed by atoms with E-state index in [1.165, 1.54) is 17.8 Å². The molecule has 0 saturated carbocycles. The Bertz CT molecular complexity index is 345. The van der Waals surface area contributed by atoms with Crippen LogP contribution < -0.4 is 0 Å². The van der Waals surface area contributed by atoms with Crippen molar-refractivity contribution in [1.82, 2.24) is 9.78 Å². The van der Waals surface area contributed by atoms with Gasteiger partial charge in [0.2, 0.25) is 5.78 Å². The van der Waals surface area contributed by atoms with Crippen molar-refractivity contribution in [2.24, 2.45) is 0 Å². The van der Waals surface area contributed by atoms with E-state index in [2.05, 4.69) is 5.10 Å². The molecule has 1 heterocycles. The summed E-state index contributed by atoms with van der Waals surface area (Å²) in [6.07, 6.45) is 0.360. The third-order valence-electron chi connectivity index (χ3n) is 1.85. The van der Waals surface area contributed by atoms with Crippen LogP contribution in [0.3, 0.4) is 0 Å². The Morgan fingerprint density at radius 2 is 2.14 bits per heavy atom. The van der Waals surface area contributed by atoms with E-state index in [-0.39, 0.29) is 16.8 Å². The van der Waals surface area contributed by atoms with Gasteiger partial charge in [-0.05, 0) is 20.8 Å². The summed E-state index contributed by atoms with van der Waals surface area (Å²) in [5.41, 5.74) is 0.275. The Morgan fingerprint density at radius 1 is 1.57 bits per heavy atom. The van der Waals surface area contributed by atoms with E-state index in [1.54, 1.807) is 0 Å². The maximum atomic E-state index is 11.6. The molecule has 1 aromatic rings. The van der Waals surface area contributed by atoms with Gasteiger partial charge in [-0.3, -0.25) is 9.48 Å². The largest absolute Gasteiger partial charge is 0.385 e. The molecule has 14 heavy (non-hydrogen) atoms. The summed E-state index contributed by atoms with van der Waals surface area (Å²) in [4.78, 5) is 11.6. The molecule has 0 radical (unpaired) electrons. The van der Waals surface area contributed by atoms with E-state index in [0.717, 1.165) is 0 Å². The summed E-state index contributed by atoms with van der Waals surface area (Å²) >= 11 is 5.81. The molecule has 1 unspecified atom stereocenters. The first-order valence-corrected chi connectivity index (χ1v) is 4.78. The molecule has 0 fully saturated rings. The molecule has 1 rings (SSSR count). The second-order valence-corrected chi connectivity index (χ2v) is 3.83. The van der Waals surface area contributed by atoms with Crippen molar-refractivity contribution < 1.29 is 9.90 Å². The highest BCUT2D eigenvalue weighted by Gasteiger charge is 2.22. The number of Topliss-reactive ketones (excluding diaryl/α,β-unsaturated/α-hetero) is 1. The summed E-state index contributed by atoms with van der Waals surface area (Å²) in [6.45, 7) is 5.20. The van der Waals surface area contributed by atoms with Gasteiger partial charge in [0.1, 0.15) is 11.8 Å². The van der Waals surface area contributed by atoms with Crippen LogP contribution in [0.5, 0.6) is 0 Å². The van der Waals surface area contributed by atoms with E-state index in [1.807, 2.05) is 13.8 Å². The minimum absolute atomic E-state index is 0.0419. The summed E-state index contributed by atoms with van der Waals surface area (Å²) in [6, 6.07) is 0.0419. The molecule has 0 aliphatic rings. The van der Waals surface area contributed by atoms with Crippen molar-refractivity contribution >= 4 is 17.4 Å². The SMILES string of the molecule is CC(O)C(=O)c1c(Cl)cnn1C(C)C. The normalized spacial score (nSPS) is 13.3. The molecule has 4 nitrogen and oxygen atoms in total. The topological polar surface area (TPSA) is 55.1 Å². The molecular formula is C9H13ClN2O2. The maximum absolute atomic E-state index is 11.6. The fourth-order valence-electron chi connectivity index (χ4n) is 1.16. The summed E-state index contributed by atoms with van der Waals surface area (Å²) in [7, 11) is 0. The summed E-state index contributed by atoms with van der Waals surface area (Å²) < 4.78 is 1.51. The first kappa shape index (κ1) is 11.2. The van der Waals surface area contributed by atoms with Crippen molar-refractivity contribution in [2.75, 3.05) is 0 Å². The van der Waals surface area contributed by atoms with Gasteiger partial charge < -0.3 is 5.11 Å². The molecule has 1 atom stereocenters. The molecule has 0 saturated heterocycles. The number of hydrogen-bond acceptors (Lipinski definition) is 3. The van der Waals surface area contributed by atoms with Crippen LogP contribution >= 0.6 is 11.6 Å². The highest BCUT2D eigenvalue weighted by molar-refractivity contribution is 6.33. The van der Waals surface area contributed by atoms with Crippen LogP contribution in [0.2, 0.25) is 5.02 Å². The summed E-state index contributed by atoms with van der Waals surface area (Å²) in [5.74, 6) is -0.402. The van der Waals surface area contributed by atoms with E-state index in [9.17, 15) is 9.90 Å². The van der Waals surface area contributed by atoms with Gasteiger partial charge in [0.05, 0.1) is 11.2 Å². The van der Waals surface area contributed by atoms with E-state index < -0.39 is 11.9 Å². The third kappa shape index (κ3) is 1.96. The zero-order valence-corrected chi connectivity index (χ0v) is 9.12. The second kappa shape index (κ2) is 4.11. The lowest BCUT2D eigenvalue weighted by molar-refractivity contribution is 0.0766. The molecule has 0 amide bonds. The van der Waals surface area contributed by atoms with Gasteiger partial charge in [-0.1, -0.05) is 11.6 Å². The van der Waals surface area contributed by atoms with Crippen LogP contribution in [0, 0.1) is 0 Å². The molecule has 0 aliphatic heterocycles. The van der Waals surface area contributed by atoms with Gasteiger partial charge in [0, 0.05) is 6.04 Å². The maximum Gasteiger partial charge on any atom is 0.210 e. The average molecular weight is 217 g/mol. The first-order valence-electron chi connectivity index (χ1n) is 4.40. The molecule has 5 heteroatoms. The van der Waals surface area contributed by atoms with Crippen LogP contribution in [-0.4, -0.2) is 26.8 Å². The molecule has 1 aromatic heterocycles. The quantitative estimate of drug-likeness (QED) is 0.783. The van der Waals surface area contributed by atoms with Crippen molar-refractivity contribution in [3.8, 4) is 0 Å². The fourth-order valence-corrected chi connectivity index (χ4v) is 1.38. The standard InChI is InChI=1S/C9H13ClN2O2/c1-5(2)12-8(7(10)4-11-12)9(14)6(3)13/h4-6,13H,1-3H3. The number of aromatic nitrogens is 2. The van der Waals surface area contributed by atoms with E-state index in [0.29, 0.717) is 0 Å². The molecule has 0 aromatic carbocycles. The fraction of sp³-hybridized carbons (Fsp3) is 0.556. The van der Waals surface area contributed by atoms with Crippen molar-refractivity contribution in [1.29, 1.82) is 0 Å². The third-order valence-corrected chi connectivity index (χ3v) is 2.13. The Balaban J connectivity index is 3.17. The lowest BCUT2D eigenvalue weighted by Gasteiger charge is -2.11. The molecule has 78 valence electrons. The lowest BCUT2D eigenvalue weighted by atomic mass is 10.2. The number of nitrogens with zero attached hydrogens (tertiary/aromatic N) is 2. The van der Waals surface area contributed by atoms with Gasteiger partial charge in [0.25, 0.3) is 0 Å². The molecule has 0 bridgehead atoms.